The second kappa shape index (κ2) is 10.6. The van der Waals surface area contributed by atoms with Gasteiger partial charge < -0.3 is 41.2 Å². The molecule has 6 heterocycles. The summed E-state index contributed by atoms with van der Waals surface area (Å²) in [6.45, 7) is -1.54. The fraction of sp³-hybridized carbons (Fsp3) is 0.500. The number of imidazole rings is 2. The number of rotatable bonds is 8. The average Bonchev–Trinajstić information content (AvgIpc) is 3.69. The second-order valence-electron chi connectivity index (χ2n) is 9.43. The second-order valence-corrected chi connectivity index (χ2v) is 10.8. The van der Waals surface area contributed by atoms with Crippen molar-refractivity contribution in [1.29, 1.82) is 0 Å². The van der Waals surface area contributed by atoms with Crippen molar-refractivity contribution in [2.75, 3.05) is 24.7 Å². The average molecular weight is 614 g/mol. The van der Waals surface area contributed by atoms with E-state index in [0.29, 0.717) is 0 Å². The molecule has 4 aromatic heterocycles. The summed E-state index contributed by atoms with van der Waals surface area (Å²) in [4.78, 5) is 44.7. The molecular weight excluding hydrogens is 590 g/mol. The molecule has 226 valence electrons. The van der Waals surface area contributed by atoms with Crippen LogP contribution in [0, 0.1) is 0 Å². The summed E-state index contributed by atoms with van der Waals surface area (Å²) in [5.41, 5.74) is 10.7. The number of aliphatic hydroxyl groups is 3. The standard InChI is InChI=1S/C20H24FN10O10P/c21-8-11(33)7(40-18(8)30-4-26-9-14(22)24-3-25-15(9)30)2-38-42(36,37)41-13-12(34)6(1-32)39-19(13)31-5-27-10-16(31)28-20(23)29-17(10)35/h3-8,11-13,18-19,32-34H,1-2H2,(H,36,37)(H2,22,24,25)(H3,23,28,29,35)/t6-,7-,8?,11+,12+,13+,18-,19-/m1/s1. The molecule has 42 heavy (non-hydrogen) atoms. The van der Waals surface area contributed by atoms with Gasteiger partial charge in [-0.25, -0.2) is 28.9 Å². The summed E-state index contributed by atoms with van der Waals surface area (Å²) in [7, 11) is -5.10. The smallest absolute Gasteiger partial charge is 0.394 e. The normalized spacial score (nSPS) is 31.3. The Kier molecular flexibility index (Phi) is 7.15. The molecule has 2 aliphatic rings. The lowest BCUT2D eigenvalue weighted by molar-refractivity contribution is -0.0600. The highest BCUT2D eigenvalue weighted by Crippen LogP contribution is 2.50. The van der Waals surface area contributed by atoms with Gasteiger partial charge >= 0.3 is 7.82 Å². The Labute approximate surface area is 232 Å². The first-order chi connectivity index (χ1) is 20.0. The number of alkyl halides is 1. The van der Waals surface area contributed by atoms with E-state index in [4.69, 9.17) is 30.0 Å². The third-order valence-corrected chi connectivity index (χ3v) is 7.81. The van der Waals surface area contributed by atoms with Crippen LogP contribution in [-0.2, 0) is 23.1 Å². The van der Waals surface area contributed by atoms with E-state index in [9.17, 15) is 29.6 Å². The Morgan fingerprint density at radius 2 is 1.71 bits per heavy atom. The molecule has 0 amide bonds. The Morgan fingerprint density at radius 3 is 2.45 bits per heavy atom. The first kappa shape index (κ1) is 28.5. The molecule has 0 aliphatic carbocycles. The van der Waals surface area contributed by atoms with Crippen LogP contribution in [-0.4, -0.2) is 109 Å². The number of phosphoric ester groups is 1. The van der Waals surface area contributed by atoms with E-state index >= 15 is 4.39 Å². The largest absolute Gasteiger partial charge is 0.472 e. The van der Waals surface area contributed by atoms with Crippen molar-refractivity contribution in [3.8, 4) is 0 Å². The molecule has 0 bridgehead atoms. The number of nitrogens with one attached hydrogen (secondary N) is 1. The maximum Gasteiger partial charge on any atom is 0.472 e. The first-order valence-corrected chi connectivity index (χ1v) is 13.7. The highest BCUT2D eigenvalue weighted by atomic mass is 31.2. The lowest BCUT2D eigenvalue weighted by Gasteiger charge is -2.24. The van der Waals surface area contributed by atoms with Gasteiger partial charge in [0.1, 0.15) is 42.4 Å². The molecule has 0 radical (unpaired) electrons. The predicted octanol–water partition coefficient (Wildman–Crippen LogP) is -2.53. The van der Waals surface area contributed by atoms with Crippen molar-refractivity contribution in [3.63, 3.8) is 0 Å². The number of nitrogens with two attached hydrogens (primary N) is 2. The zero-order valence-corrected chi connectivity index (χ0v) is 22.0. The number of H-pyrrole nitrogens is 1. The van der Waals surface area contributed by atoms with Gasteiger partial charge in [-0.15, -0.1) is 0 Å². The van der Waals surface area contributed by atoms with Gasteiger partial charge in [-0.3, -0.25) is 28.0 Å². The summed E-state index contributed by atoms with van der Waals surface area (Å²) in [5, 5.41) is 30.7. The van der Waals surface area contributed by atoms with Gasteiger partial charge in [0.2, 0.25) is 5.95 Å². The first-order valence-electron chi connectivity index (χ1n) is 12.2. The number of aromatic amines is 1. The molecule has 2 fully saturated rings. The van der Waals surface area contributed by atoms with E-state index in [-0.39, 0.29) is 34.1 Å². The Balaban J connectivity index is 1.19. The molecular formula is C20H24FN10O10P. The molecule has 0 spiro atoms. The monoisotopic (exact) mass is 614 g/mol. The molecule has 2 aliphatic heterocycles. The lowest BCUT2D eigenvalue weighted by Crippen LogP contribution is -2.35. The van der Waals surface area contributed by atoms with Crippen LogP contribution in [0.1, 0.15) is 12.5 Å². The summed E-state index contributed by atoms with van der Waals surface area (Å²) in [5.74, 6) is -0.222. The SMILES string of the molecule is Nc1nc2c(ncn2[C@@H]2O[C@H](CO)[C@H](O)[C@@H]2OP(=O)(O)OC[C@H]2O[C@@H](n3cnc4c(N)ncnc43)C(F)[C@H]2O)c(=O)[nH]1. The van der Waals surface area contributed by atoms with E-state index in [1.165, 1.54) is 10.9 Å². The molecule has 9 N–H and O–H groups in total. The fourth-order valence-corrected chi connectivity index (χ4v) is 5.74. The van der Waals surface area contributed by atoms with Crippen molar-refractivity contribution in [3.05, 3.63) is 29.3 Å². The number of halogens is 1. The maximum absolute atomic E-state index is 15.1. The highest BCUT2D eigenvalue weighted by Gasteiger charge is 2.51. The molecule has 9 atom stereocenters. The number of hydrogen-bond acceptors (Lipinski definition) is 16. The Hall–Kier alpha value is -3.66. The number of phosphoric acid groups is 1. The summed E-state index contributed by atoms with van der Waals surface area (Å²) >= 11 is 0. The van der Waals surface area contributed by atoms with Crippen LogP contribution in [0.3, 0.4) is 0 Å². The minimum absolute atomic E-state index is 0.0421. The Bertz CT molecular complexity index is 1730. The number of ether oxygens (including phenoxy) is 2. The minimum atomic E-state index is -5.10. The van der Waals surface area contributed by atoms with E-state index in [1.807, 2.05) is 0 Å². The molecule has 0 aromatic carbocycles. The Morgan fingerprint density at radius 1 is 1.02 bits per heavy atom. The van der Waals surface area contributed by atoms with Crippen LogP contribution in [0.4, 0.5) is 16.2 Å². The van der Waals surface area contributed by atoms with Crippen LogP contribution in [0.25, 0.3) is 22.3 Å². The molecule has 0 saturated carbocycles. The minimum Gasteiger partial charge on any atom is -0.394 e. The van der Waals surface area contributed by atoms with E-state index in [0.717, 1.165) is 17.2 Å². The zero-order chi connectivity index (χ0) is 29.9. The van der Waals surface area contributed by atoms with Crippen LogP contribution in [0.2, 0.25) is 0 Å². The molecule has 2 unspecified atom stereocenters. The van der Waals surface area contributed by atoms with Crippen molar-refractivity contribution in [1.82, 2.24) is 39.0 Å². The summed E-state index contributed by atoms with van der Waals surface area (Å²) < 4.78 is 51.7. The lowest BCUT2D eigenvalue weighted by atomic mass is 10.1. The molecule has 20 nitrogen and oxygen atoms in total. The van der Waals surface area contributed by atoms with E-state index in [2.05, 4.69) is 29.9 Å². The fourth-order valence-electron chi connectivity index (χ4n) is 4.81. The van der Waals surface area contributed by atoms with Gasteiger partial charge in [0.15, 0.2) is 41.3 Å². The van der Waals surface area contributed by atoms with Crippen LogP contribution < -0.4 is 17.0 Å². The number of hydrogen-bond donors (Lipinski definition) is 7. The van der Waals surface area contributed by atoms with Crippen LogP contribution >= 0.6 is 7.82 Å². The van der Waals surface area contributed by atoms with Crippen molar-refractivity contribution >= 4 is 41.9 Å². The van der Waals surface area contributed by atoms with Crippen LogP contribution in [0.15, 0.2) is 23.8 Å². The van der Waals surface area contributed by atoms with Gasteiger partial charge in [0.25, 0.3) is 5.56 Å². The van der Waals surface area contributed by atoms with E-state index in [1.54, 1.807) is 0 Å². The highest BCUT2D eigenvalue weighted by molar-refractivity contribution is 7.47. The summed E-state index contributed by atoms with van der Waals surface area (Å²) in [6, 6.07) is 0. The molecule has 4 aromatic rings. The van der Waals surface area contributed by atoms with Gasteiger partial charge in [0, 0.05) is 0 Å². The summed E-state index contributed by atoms with van der Waals surface area (Å²) in [6.07, 6.45) is -9.34. The van der Waals surface area contributed by atoms with E-state index < -0.39 is 75.7 Å². The van der Waals surface area contributed by atoms with Gasteiger partial charge in [-0.05, 0) is 0 Å². The quantitative estimate of drug-likeness (QED) is 0.101. The number of aliphatic hydroxyl groups excluding tert-OH is 3. The van der Waals surface area contributed by atoms with Crippen molar-refractivity contribution in [2.45, 2.75) is 49.1 Å². The van der Waals surface area contributed by atoms with Crippen molar-refractivity contribution in [2.24, 2.45) is 0 Å². The third kappa shape index (κ3) is 4.79. The number of nitrogens with zero attached hydrogens (tertiary/aromatic N) is 7. The van der Waals surface area contributed by atoms with Gasteiger partial charge in [0.05, 0.1) is 25.9 Å². The van der Waals surface area contributed by atoms with Gasteiger partial charge in [-0.2, -0.15) is 4.98 Å². The number of nitrogen functional groups attached to an aromatic ring is 2. The molecule has 22 heteroatoms. The topological polar surface area (TPSA) is 294 Å². The predicted molar refractivity (Wildman–Crippen MR) is 135 cm³/mol. The zero-order valence-electron chi connectivity index (χ0n) is 21.1. The number of fused-ring (bicyclic) bond motifs is 2. The van der Waals surface area contributed by atoms with Crippen molar-refractivity contribution < 1.29 is 47.7 Å². The maximum atomic E-state index is 15.1. The number of anilines is 2. The van der Waals surface area contributed by atoms with Crippen LogP contribution in [0.5, 0.6) is 0 Å². The number of aromatic nitrogens is 8. The van der Waals surface area contributed by atoms with Gasteiger partial charge in [-0.1, -0.05) is 0 Å². The molecule has 6 rings (SSSR count). The molecule has 2 saturated heterocycles. The third-order valence-electron chi connectivity index (χ3n) is 6.83.